The van der Waals surface area contributed by atoms with Crippen LogP contribution in [0.1, 0.15) is 18.1 Å². The van der Waals surface area contributed by atoms with Gasteiger partial charge in [0.05, 0.1) is 5.02 Å². The zero-order chi connectivity index (χ0) is 14.2. The summed E-state index contributed by atoms with van der Waals surface area (Å²) in [6, 6.07) is 12.6. The summed E-state index contributed by atoms with van der Waals surface area (Å²) in [5.41, 5.74) is 2.56. The van der Waals surface area contributed by atoms with Gasteiger partial charge in [-0.1, -0.05) is 48.9 Å². The lowest BCUT2D eigenvalue weighted by molar-refractivity contribution is 0.478. The molecule has 0 aliphatic rings. The first-order chi connectivity index (χ1) is 9.79. The third-order valence-electron chi connectivity index (χ3n) is 3.42. The molecule has 2 nitrogen and oxygen atoms in total. The number of nitrogens with zero attached hydrogens (tertiary/aromatic N) is 1. The largest absolute Gasteiger partial charge is 0.317 e. The van der Waals surface area contributed by atoms with E-state index in [1.165, 1.54) is 11.1 Å². The van der Waals surface area contributed by atoms with Crippen molar-refractivity contribution in [3.63, 3.8) is 0 Å². The van der Waals surface area contributed by atoms with Crippen molar-refractivity contribution in [3.05, 3.63) is 64.9 Å². The molecule has 0 saturated carbocycles. The van der Waals surface area contributed by atoms with E-state index in [4.69, 9.17) is 11.6 Å². The molecule has 20 heavy (non-hydrogen) atoms. The summed E-state index contributed by atoms with van der Waals surface area (Å²) in [4.78, 5) is 4.05. The number of pyridine rings is 1. The van der Waals surface area contributed by atoms with E-state index in [2.05, 4.69) is 47.6 Å². The highest BCUT2D eigenvalue weighted by atomic mass is 35.5. The summed E-state index contributed by atoms with van der Waals surface area (Å²) in [6.45, 7) is 4.14. The summed E-state index contributed by atoms with van der Waals surface area (Å²) < 4.78 is 0. The molecule has 0 amide bonds. The molecule has 0 aliphatic heterocycles. The maximum Gasteiger partial charge on any atom is 0.0621 e. The molecule has 2 aromatic rings. The van der Waals surface area contributed by atoms with Crippen LogP contribution in [0, 0.1) is 5.92 Å². The highest BCUT2D eigenvalue weighted by Gasteiger charge is 2.12. The molecule has 1 unspecified atom stereocenters. The second-order valence-corrected chi connectivity index (χ2v) is 5.44. The molecule has 1 N–H and O–H groups in total. The van der Waals surface area contributed by atoms with Crippen LogP contribution in [0.5, 0.6) is 0 Å². The number of aromatic nitrogens is 1. The lowest BCUT2D eigenvalue weighted by Crippen LogP contribution is -2.25. The van der Waals surface area contributed by atoms with Crippen LogP contribution >= 0.6 is 11.6 Å². The fraction of sp³-hybridized carbons (Fsp3) is 0.353. The van der Waals surface area contributed by atoms with Crippen molar-refractivity contribution < 1.29 is 0 Å². The molecular weight excluding hydrogens is 268 g/mol. The van der Waals surface area contributed by atoms with E-state index in [1.54, 1.807) is 6.20 Å². The van der Waals surface area contributed by atoms with Crippen molar-refractivity contribution in [2.45, 2.75) is 19.8 Å². The van der Waals surface area contributed by atoms with E-state index >= 15 is 0 Å². The molecule has 0 bridgehead atoms. The molecule has 1 heterocycles. The van der Waals surface area contributed by atoms with Gasteiger partial charge in [-0.15, -0.1) is 0 Å². The molecule has 1 aromatic heterocycles. The van der Waals surface area contributed by atoms with Gasteiger partial charge in [0.15, 0.2) is 0 Å². The van der Waals surface area contributed by atoms with Crippen LogP contribution in [-0.4, -0.2) is 18.1 Å². The summed E-state index contributed by atoms with van der Waals surface area (Å²) >= 11 is 6.22. The molecule has 0 spiro atoms. The number of halogens is 1. The Labute approximate surface area is 126 Å². The lowest BCUT2D eigenvalue weighted by Gasteiger charge is -2.18. The average Bonchev–Trinajstić information content (AvgIpc) is 2.48. The van der Waals surface area contributed by atoms with Crippen molar-refractivity contribution in [2.75, 3.05) is 13.1 Å². The predicted molar refractivity (Wildman–Crippen MR) is 85.1 cm³/mol. The van der Waals surface area contributed by atoms with Crippen molar-refractivity contribution in [2.24, 2.45) is 5.92 Å². The van der Waals surface area contributed by atoms with E-state index < -0.39 is 0 Å². The average molecular weight is 289 g/mol. The third kappa shape index (κ3) is 4.62. The van der Waals surface area contributed by atoms with Crippen molar-refractivity contribution in [1.29, 1.82) is 0 Å². The highest BCUT2D eigenvalue weighted by molar-refractivity contribution is 6.31. The summed E-state index contributed by atoms with van der Waals surface area (Å²) in [5, 5.41) is 4.22. The number of benzene rings is 1. The Morgan fingerprint density at radius 1 is 1.15 bits per heavy atom. The fourth-order valence-corrected chi connectivity index (χ4v) is 2.59. The van der Waals surface area contributed by atoms with Gasteiger partial charge in [0.2, 0.25) is 0 Å². The Balaban J connectivity index is 2.05. The lowest BCUT2D eigenvalue weighted by atomic mass is 9.93. The van der Waals surface area contributed by atoms with E-state index in [9.17, 15) is 0 Å². The Kier molecular flexibility index (Phi) is 6.03. The first-order valence-corrected chi connectivity index (χ1v) is 7.50. The first kappa shape index (κ1) is 15.0. The van der Waals surface area contributed by atoms with Crippen LogP contribution in [0.2, 0.25) is 5.02 Å². The zero-order valence-electron chi connectivity index (χ0n) is 11.8. The van der Waals surface area contributed by atoms with E-state index in [1.807, 2.05) is 12.3 Å². The van der Waals surface area contributed by atoms with Gasteiger partial charge >= 0.3 is 0 Å². The minimum Gasteiger partial charge on any atom is -0.317 e. The van der Waals surface area contributed by atoms with E-state index in [0.29, 0.717) is 5.92 Å². The monoisotopic (exact) mass is 288 g/mol. The first-order valence-electron chi connectivity index (χ1n) is 7.12. The smallest absolute Gasteiger partial charge is 0.0621 e. The Bertz CT molecular complexity index is 513. The maximum atomic E-state index is 6.22. The molecule has 0 radical (unpaired) electrons. The number of hydrogen-bond donors (Lipinski definition) is 1. The normalized spacial score (nSPS) is 12.3. The van der Waals surface area contributed by atoms with Gasteiger partial charge in [0.25, 0.3) is 0 Å². The molecule has 2 rings (SSSR count). The molecule has 0 fully saturated rings. The topological polar surface area (TPSA) is 24.9 Å². The summed E-state index contributed by atoms with van der Waals surface area (Å²) in [7, 11) is 0. The van der Waals surface area contributed by atoms with E-state index in [-0.39, 0.29) is 0 Å². The van der Waals surface area contributed by atoms with Gasteiger partial charge in [0.1, 0.15) is 0 Å². The van der Waals surface area contributed by atoms with Gasteiger partial charge < -0.3 is 5.32 Å². The minimum absolute atomic E-state index is 0.539. The molecular formula is C17H21ClN2. The van der Waals surface area contributed by atoms with Crippen LogP contribution in [0.25, 0.3) is 0 Å². The Morgan fingerprint density at radius 3 is 2.65 bits per heavy atom. The predicted octanol–water partition coefficient (Wildman–Crippen LogP) is 3.75. The van der Waals surface area contributed by atoms with Gasteiger partial charge in [0, 0.05) is 12.4 Å². The molecule has 0 saturated heterocycles. The van der Waals surface area contributed by atoms with Crippen molar-refractivity contribution in [1.82, 2.24) is 10.3 Å². The second-order valence-electron chi connectivity index (χ2n) is 5.03. The fourth-order valence-electron chi connectivity index (χ4n) is 2.39. The highest BCUT2D eigenvalue weighted by Crippen LogP contribution is 2.20. The van der Waals surface area contributed by atoms with Crippen LogP contribution < -0.4 is 5.32 Å². The van der Waals surface area contributed by atoms with Gasteiger partial charge in [-0.05, 0) is 49.0 Å². The molecule has 0 aliphatic carbocycles. The molecule has 3 heteroatoms. The SMILES string of the molecule is CCNCC(Cc1ccccc1)Cc1ccncc1Cl. The van der Waals surface area contributed by atoms with Gasteiger partial charge in [-0.3, -0.25) is 4.98 Å². The van der Waals surface area contributed by atoms with Crippen LogP contribution in [0.4, 0.5) is 0 Å². The number of rotatable bonds is 7. The molecule has 1 atom stereocenters. The van der Waals surface area contributed by atoms with Gasteiger partial charge in [-0.25, -0.2) is 0 Å². The zero-order valence-corrected chi connectivity index (χ0v) is 12.6. The summed E-state index contributed by atoms with van der Waals surface area (Å²) in [6.07, 6.45) is 5.58. The summed E-state index contributed by atoms with van der Waals surface area (Å²) in [5.74, 6) is 0.539. The maximum absolute atomic E-state index is 6.22. The molecule has 106 valence electrons. The van der Waals surface area contributed by atoms with Crippen LogP contribution in [0.15, 0.2) is 48.8 Å². The molecule has 1 aromatic carbocycles. The van der Waals surface area contributed by atoms with Crippen molar-refractivity contribution >= 4 is 11.6 Å². The number of nitrogens with one attached hydrogen (secondary N) is 1. The van der Waals surface area contributed by atoms with Crippen molar-refractivity contribution in [3.8, 4) is 0 Å². The Morgan fingerprint density at radius 2 is 1.95 bits per heavy atom. The second kappa shape index (κ2) is 8.03. The number of hydrogen-bond acceptors (Lipinski definition) is 2. The minimum atomic E-state index is 0.539. The van der Waals surface area contributed by atoms with Crippen LogP contribution in [-0.2, 0) is 12.8 Å². The van der Waals surface area contributed by atoms with Gasteiger partial charge in [-0.2, -0.15) is 0 Å². The van der Waals surface area contributed by atoms with Crippen LogP contribution in [0.3, 0.4) is 0 Å². The van der Waals surface area contributed by atoms with E-state index in [0.717, 1.165) is 31.0 Å². The Hall–Kier alpha value is -1.38. The third-order valence-corrected chi connectivity index (χ3v) is 3.76. The quantitative estimate of drug-likeness (QED) is 0.839. The standard InChI is InChI=1S/C17H21ClN2/c1-2-19-12-15(10-14-6-4-3-5-7-14)11-16-8-9-20-13-17(16)18/h3-9,13,15,19H,2,10-12H2,1H3.